The van der Waals surface area contributed by atoms with Gasteiger partial charge >= 0.3 is 0 Å². The summed E-state index contributed by atoms with van der Waals surface area (Å²) in [4.78, 5) is 2.08. The number of hydrogen-bond donors (Lipinski definition) is 0. The van der Waals surface area contributed by atoms with Crippen LogP contribution in [0.2, 0.25) is 0 Å². The fourth-order valence-electron chi connectivity index (χ4n) is 2.56. The number of para-hydroxylation sites is 1. The van der Waals surface area contributed by atoms with E-state index < -0.39 is 0 Å². The first-order chi connectivity index (χ1) is 9.75. The van der Waals surface area contributed by atoms with Gasteiger partial charge in [-0.15, -0.1) is 0 Å². The predicted molar refractivity (Wildman–Crippen MR) is 86.2 cm³/mol. The molecule has 1 nitrogen and oxygen atoms in total. The molecule has 1 unspecified atom stereocenters. The van der Waals surface area contributed by atoms with Crippen molar-refractivity contribution in [3.63, 3.8) is 0 Å². The lowest BCUT2D eigenvalue weighted by Crippen LogP contribution is -2.20. The van der Waals surface area contributed by atoms with Gasteiger partial charge in [0.1, 0.15) is 5.16 Å². The van der Waals surface area contributed by atoms with Crippen LogP contribution in [0.15, 0.2) is 70.9 Å². The molecule has 0 saturated heterocycles. The van der Waals surface area contributed by atoms with E-state index in [1.54, 1.807) is 0 Å². The van der Waals surface area contributed by atoms with Gasteiger partial charge in [-0.1, -0.05) is 71.7 Å². The molecule has 3 rings (SSSR count). The second-order valence-electron chi connectivity index (χ2n) is 4.97. The summed E-state index contributed by atoms with van der Waals surface area (Å²) in [5.41, 5.74) is 2.38. The molecule has 0 fully saturated rings. The molecule has 0 spiro atoms. The molecule has 1 aliphatic rings. The zero-order valence-electron chi connectivity index (χ0n) is 11.0. The van der Waals surface area contributed by atoms with E-state index in [1.807, 2.05) is 24.3 Å². The molecule has 2 aromatic rings. The van der Waals surface area contributed by atoms with E-state index in [9.17, 15) is 0 Å². The first-order valence-corrected chi connectivity index (χ1v) is 7.43. The largest absolute Gasteiger partial charge is 0.331 e. The Bertz CT molecular complexity index is 607. The molecule has 0 N–H and O–H groups in total. The van der Waals surface area contributed by atoms with Crippen molar-refractivity contribution in [1.29, 1.82) is 0 Å². The molecule has 0 amide bonds. The zero-order chi connectivity index (χ0) is 13.9. The van der Waals surface area contributed by atoms with Crippen molar-refractivity contribution in [3.05, 3.63) is 76.4 Å². The van der Waals surface area contributed by atoms with Crippen molar-refractivity contribution in [1.82, 2.24) is 0 Å². The molecule has 3 heteroatoms. The molecular weight excluding hydrogens is 289 g/mol. The molecule has 0 saturated carbocycles. The Morgan fingerprint density at radius 1 is 0.900 bits per heavy atom. The van der Waals surface area contributed by atoms with Gasteiger partial charge in [0, 0.05) is 18.2 Å². The number of hydrogen-bond acceptors (Lipinski definition) is 1. The lowest BCUT2D eigenvalue weighted by atomic mass is 10.0. The van der Waals surface area contributed by atoms with Crippen LogP contribution < -0.4 is 4.90 Å². The average molecular weight is 304 g/mol. The predicted octanol–water partition coefficient (Wildman–Crippen LogP) is 5.01. The maximum atomic E-state index is 6.43. The minimum atomic E-state index is 0.256. The Morgan fingerprint density at radius 2 is 1.50 bits per heavy atom. The second-order valence-corrected chi connectivity index (χ2v) is 5.74. The van der Waals surface area contributed by atoms with Crippen LogP contribution in [0.4, 0.5) is 5.69 Å². The van der Waals surface area contributed by atoms with Crippen LogP contribution in [-0.4, -0.2) is 6.54 Å². The summed E-state index contributed by atoms with van der Waals surface area (Å²) < 4.78 is 0. The number of nitrogens with zero attached hydrogens (tertiary/aromatic N) is 1. The van der Waals surface area contributed by atoms with Gasteiger partial charge in [0.15, 0.2) is 0 Å². The topological polar surface area (TPSA) is 3.24 Å². The fraction of sp³-hybridized carbons (Fsp3) is 0.176. The van der Waals surface area contributed by atoms with Crippen molar-refractivity contribution in [3.8, 4) is 0 Å². The van der Waals surface area contributed by atoms with Gasteiger partial charge in [-0.05, 0) is 24.1 Å². The van der Waals surface area contributed by atoms with Gasteiger partial charge in [0.2, 0.25) is 0 Å². The molecule has 20 heavy (non-hydrogen) atoms. The maximum absolute atomic E-state index is 6.43. The van der Waals surface area contributed by atoms with Gasteiger partial charge in [-0.25, -0.2) is 0 Å². The molecule has 1 heterocycles. The monoisotopic (exact) mass is 303 g/mol. The molecule has 0 radical (unpaired) electrons. The van der Waals surface area contributed by atoms with Crippen molar-refractivity contribution < 1.29 is 0 Å². The van der Waals surface area contributed by atoms with Gasteiger partial charge in [-0.2, -0.15) is 0 Å². The van der Waals surface area contributed by atoms with Gasteiger partial charge in [0.25, 0.3) is 0 Å². The molecule has 1 aliphatic heterocycles. The highest BCUT2D eigenvalue weighted by Gasteiger charge is 2.30. The second kappa shape index (κ2) is 5.90. The third kappa shape index (κ3) is 2.70. The van der Waals surface area contributed by atoms with Crippen molar-refractivity contribution in [2.45, 2.75) is 6.42 Å². The Balaban J connectivity index is 1.80. The first kappa shape index (κ1) is 13.5. The smallest absolute Gasteiger partial charge is 0.124 e. The third-order valence-corrected chi connectivity index (χ3v) is 4.58. The molecule has 0 aliphatic carbocycles. The van der Waals surface area contributed by atoms with E-state index in [2.05, 4.69) is 41.3 Å². The third-order valence-electron chi connectivity index (χ3n) is 3.59. The minimum Gasteiger partial charge on any atom is -0.331 e. The standard InChI is InChI=1S/C17H15Cl2N/c18-16-14(11-13-7-3-1-4-8-13)12-20(17(16)19)15-9-5-2-6-10-15/h1-10,14H,11-12H2. The SMILES string of the molecule is ClC1=C(Cl)N(c2ccccc2)CC1Cc1ccccc1. The quantitative estimate of drug-likeness (QED) is 0.720. The van der Waals surface area contributed by atoms with Gasteiger partial charge in [-0.3, -0.25) is 0 Å². The van der Waals surface area contributed by atoms with Crippen LogP contribution in [0.3, 0.4) is 0 Å². The Morgan fingerprint density at radius 3 is 2.15 bits per heavy atom. The lowest BCUT2D eigenvalue weighted by molar-refractivity contribution is 0.671. The molecule has 1 atom stereocenters. The van der Waals surface area contributed by atoms with E-state index in [0.717, 1.165) is 23.7 Å². The summed E-state index contributed by atoms with van der Waals surface area (Å²) in [6.07, 6.45) is 0.916. The van der Waals surface area contributed by atoms with E-state index in [1.165, 1.54) is 5.56 Å². The Labute approximate surface area is 129 Å². The van der Waals surface area contributed by atoms with Gasteiger partial charge < -0.3 is 4.90 Å². The summed E-state index contributed by atoms with van der Waals surface area (Å²) in [7, 11) is 0. The van der Waals surface area contributed by atoms with Crippen LogP contribution in [0.1, 0.15) is 5.56 Å². The fourth-order valence-corrected chi connectivity index (χ4v) is 3.13. The molecule has 102 valence electrons. The molecule has 0 bridgehead atoms. The normalized spacial score (nSPS) is 18.7. The summed E-state index contributed by atoms with van der Waals surface area (Å²) in [6.45, 7) is 0.830. The maximum Gasteiger partial charge on any atom is 0.124 e. The van der Waals surface area contributed by atoms with Crippen LogP contribution in [0.5, 0.6) is 0 Å². The van der Waals surface area contributed by atoms with E-state index in [-0.39, 0.29) is 5.92 Å². The number of benzene rings is 2. The average Bonchev–Trinajstić information content (AvgIpc) is 2.78. The van der Waals surface area contributed by atoms with Crippen molar-refractivity contribution in [2.75, 3.05) is 11.4 Å². The molecule has 0 aromatic heterocycles. The first-order valence-electron chi connectivity index (χ1n) is 6.67. The van der Waals surface area contributed by atoms with Gasteiger partial charge in [0.05, 0.1) is 5.03 Å². The van der Waals surface area contributed by atoms with Crippen LogP contribution in [0.25, 0.3) is 0 Å². The number of anilines is 1. The van der Waals surface area contributed by atoms with Crippen LogP contribution >= 0.6 is 23.2 Å². The Hall–Kier alpha value is -1.44. The summed E-state index contributed by atoms with van der Waals surface area (Å²) >= 11 is 12.8. The van der Waals surface area contributed by atoms with Crippen LogP contribution in [-0.2, 0) is 6.42 Å². The summed E-state index contributed by atoms with van der Waals surface area (Å²) in [6, 6.07) is 20.5. The highest BCUT2D eigenvalue weighted by atomic mass is 35.5. The van der Waals surface area contributed by atoms with Crippen molar-refractivity contribution in [2.24, 2.45) is 5.92 Å². The lowest BCUT2D eigenvalue weighted by Gasteiger charge is -2.19. The highest BCUT2D eigenvalue weighted by Crippen LogP contribution is 2.38. The number of halogens is 2. The minimum absolute atomic E-state index is 0.256. The van der Waals surface area contributed by atoms with Crippen molar-refractivity contribution >= 4 is 28.9 Å². The van der Waals surface area contributed by atoms with E-state index >= 15 is 0 Å². The highest BCUT2D eigenvalue weighted by molar-refractivity contribution is 6.41. The van der Waals surface area contributed by atoms with Crippen LogP contribution in [0, 0.1) is 5.92 Å². The Kier molecular flexibility index (Phi) is 4.00. The van der Waals surface area contributed by atoms with E-state index in [4.69, 9.17) is 23.2 Å². The van der Waals surface area contributed by atoms with E-state index in [0.29, 0.717) is 5.16 Å². The zero-order valence-corrected chi connectivity index (χ0v) is 12.5. The number of rotatable bonds is 3. The summed E-state index contributed by atoms with van der Waals surface area (Å²) in [5, 5.41) is 1.41. The summed E-state index contributed by atoms with van der Waals surface area (Å²) in [5.74, 6) is 0.256. The molecule has 2 aromatic carbocycles. The molecular formula is C17H15Cl2N.